The SMILES string of the molecule is C#CCOc1c(Br)cc(Br)cc1/C=C1\C(=O)NC(=O)N(c2ccc(Br)cc2)C1=O. The third-order valence-corrected chi connectivity index (χ3v) is 5.40. The van der Waals surface area contributed by atoms with Gasteiger partial charge in [-0.25, -0.2) is 9.69 Å². The highest BCUT2D eigenvalue weighted by atomic mass is 79.9. The average Bonchev–Trinajstić information content (AvgIpc) is 2.65. The number of ether oxygens (including phenoxy) is 1. The zero-order chi connectivity index (χ0) is 21.1. The van der Waals surface area contributed by atoms with Crippen molar-refractivity contribution in [3.05, 3.63) is 61.0 Å². The van der Waals surface area contributed by atoms with Crippen LogP contribution in [0, 0.1) is 12.3 Å². The average molecular weight is 583 g/mol. The molecule has 0 radical (unpaired) electrons. The van der Waals surface area contributed by atoms with Crippen LogP contribution >= 0.6 is 47.8 Å². The third kappa shape index (κ3) is 4.61. The minimum absolute atomic E-state index is 0.0000521. The number of halogens is 3. The summed E-state index contributed by atoms with van der Waals surface area (Å²) < 4.78 is 7.61. The number of imide groups is 2. The number of anilines is 1. The van der Waals surface area contributed by atoms with Gasteiger partial charge in [0.1, 0.15) is 17.9 Å². The summed E-state index contributed by atoms with van der Waals surface area (Å²) in [5.74, 6) is 1.19. The molecule has 1 aliphatic rings. The lowest BCUT2D eigenvalue weighted by atomic mass is 10.1. The topological polar surface area (TPSA) is 75.7 Å². The summed E-state index contributed by atoms with van der Waals surface area (Å²) in [5.41, 5.74) is 0.543. The van der Waals surface area contributed by atoms with Gasteiger partial charge in [0.25, 0.3) is 11.8 Å². The van der Waals surface area contributed by atoms with E-state index in [0.717, 1.165) is 9.37 Å². The van der Waals surface area contributed by atoms with Crippen LogP contribution in [0.2, 0.25) is 0 Å². The number of hydrogen-bond acceptors (Lipinski definition) is 4. The second kappa shape index (κ2) is 8.95. The van der Waals surface area contributed by atoms with E-state index in [1.54, 1.807) is 36.4 Å². The molecule has 2 aromatic rings. The van der Waals surface area contributed by atoms with Crippen LogP contribution in [0.4, 0.5) is 10.5 Å². The first-order valence-corrected chi connectivity index (χ1v) is 10.4. The van der Waals surface area contributed by atoms with Gasteiger partial charge in [0.15, 0.2) is 0 Å². The number of nitrogens with one attached hydrogen (secondary N) is 1. The molecule has 1 fully saturated rings. The number of hydrogen-bond donors (Lipinski definition) is 1. The maximum absolute atomic E-state index is 13.0. The second-order valence-electron chi connectivity index (χ2n) is 5.73. The Morgan fingerprint density at radius 3 is 2.41 bits per heavy atom. The molecule has 1 saturated heterocycles. The smallest absolute Gasteiger partial charge is 0.335 e. The number of carbonyl (C=O) groups excluding carboxylic acids is 3. The van der Waals surface area contributed by atoms with Crippen molar-refractivity contribution in [3.8, 4) is 18.1 Å². The maximum atomic E-state index is 13.0. The highest BCUT2D eigenvalue weighted by Gasteiger charge is 2.37. The molecule has 1 aliphatic heterocycles. The van der Waals surface area contributed by atoms with Gasteiger partial charge in [0, 0.05) is 14.5 Å². The monoisotopic (exact) mass is 580 g/mol. The lowest BCUT2D eigenvalue weighted by Gasteiger charge is -2.26. The fraction of sp³-hybridized carbons (Fsp3) is 0.0500. The van der Waals surface area contributed by atoms with Crippen molar-refractivity contribution < 1.29 is 19.1 Å². The minimum Gasteiger partial charge on any atom is -0.479 e. The normalized spacial score (nSPS) is 15.3. The summed E-state index contributed by atoms with van der Waals surface area (Å²) in [4.78, 5) is 38.6. The Morgan fingerprint density at radius 2 is 1.76 bits per heavy atom. The van der Waals surface area contributed by atoms with Gasteiger partial charge in [-0.05, 0) is 58.4 Å². The molecule has 0 aromatic heterocycles. The van der Waals surface area contributed by atoms with Gasteiger partial charge in [0.2, 0.25) is 0 Å². The molecule has 6 nitrogen and oxygen atoms in total. The highest BCUT2D eigenvalue weighted by Crippen LogP contribution is 2.35. The van der Waals surface area contributed by atoms with Crippen molar-refractivity contribution in [1.29, 1.82) is 0 Å². The summed E-state index contributed by atoms with van der Waals surface area (Å²) in [5, 5.41) is 2.19. The van der Waals surface area contributed by atoms with Crippen molar-refractivity contribution in [2.45, 2.75) is 0 Å². The second-order valence-corrected chi connectivity index (χ2v) is 8.42. The Labute approximate surface area is 191 Å². The van der Waals surface area contributed by atoms with Crippen molar-refractivity contribution >= 4 is 77.4 Å². The molecule has 2 aromatic carbocycles. The fourth-order valence-corrected chi connectivity index (χ4v) is 4.23. The van der Waals surface area contributed by atoms with E-state index in [0.29, 0.717) is 25.9 Å². The lowest BCUT2D eigenvalue weighted by molar-refractivity contribution is -0.122. The van der Waals surface area contributed by atoms with E-state index < -0.39 is 17.8 Å². The summed E-state index contributed by atoms with van der Waals surface area (Å²) in [7, 11) is 0. The summed E-state index contributed by atoms with van der Waals surface area (Å²) in [6, 6.07) is 9.15. The van der Waals surface area contributed by atoms with E-state index in [4.69, 9.17) is 11.2 Å². The maximum Gasteiger partial charge on any atom is 0.335 e. The molecule has 0 atom stereocenters. The largest absolute Gasteiger partial charge is 0.479 e. The van der Waals surface area contributed by atoms with E-state index >= 15 is 0 Å². The van der Waals surface area contributed by atoms with E-state index in [-0.39, 0.29) is 12.2 Å². The standard InChI is InChI=1S/C20H11Br3N2O4/c1-2-7-29-17-11(8-13(22)10-16(17)23)9-15-18(26)24-20(28)25(19(15)27)14-5-3-12(21)4-6-14/h1,3-6,8-10H,7H2,(H,24,26,28)/b15-9+. The first-order chi connectivity index (χ1) is 13.8. The van der Waals surface area contributed by atoms with Gasteiger partial charge in [0.05, 0.1) is 10.2 Å². The number of barbiturate groups is 1. The molecule has 0 saturated carbocycles. The molecule has 146 valence electrons. The lowest BCUT2D eigenvalue weighted by Crippen LogP contribution is -2.54. The molecular formula is C20H11Br3N2O4. The summed E-state index contributed by atoms with van der Waals surface area (Å²) in [6.07, 6.45) is 6.62. The quantitative estimate of drug-likeness (QED) is 0.323. The van der Waals surface area contributed by atoms with E-state index in [9.17, 15) is 14.4 Å². The van der Waals surface area contributed by atoms with Crippen LogP contribution in [0.15, 0.2) is 55.4 Å². The molecule has 29 heavy (non-hydrogen) atoms. The number of rotatable bonds is 4. The first kappa shape index (κ1) is 21.3. The van der Waals surface area contributed by atoms with E-state index in [2.05, 4.69) is 59.0 Å². The predicted octanol–water partition coefficient (Wildman–Crippen LogP) is 4.65. The van der Waals surface area contributed by atoms with Gasteiger partial charge in [-0.15, -0.1) is 6.42 Å². The van der Waals surface area contributed by atoms with Crippen LogP contribution in [0.25, 0.3) is 6.08 Å². The molecule has 4 amide bonds. The van der Waals surface area contributed by atoms with Crippen LogP contribution in [0.3, 0.4) is 0 Å². The first-order valence-electron chi connectivity index (χ1n) is 8.04. The van der Waals surface area contributed by atoms with Gasteiger partial charge in [-0.1, -0.05) is 37.8 Å². The fourth-order valence-electron chi connectivity index (χ4n) is 2.59. The predicted molar refractivity (Wildman–Crippen MR) is 119 cm³/mol. The van der Waals surface area contributed by atoms with Crippen LogP contribution in [0.5, 0.6) is 5.75 Å². The molecule has 0 bridgehead atoms. The van der Waals surface area contributed by atoms with Gasteiger partial charge >= 0.3 is 6.03 Å². The number of terminal acetylenes is 1. The Balaban J connectivity index is 2.08. The molecule has 0 aliphatic carbocycles. The minimum atomic E-state index is -0.821. The van der Waals surface area contributed by atoms with Crippen molar-refractivity contribution in [1.82, 2.24) is 5.32 Å². The van der Waals surface area contributed by atoms with Crippen LogP contribution in [0.1, 0.15) is 5.56 Å². The van der Waals surface area contributed by atoms with Crippen molar-refractivity contribution in [2.24, 2.45) is 0 Å². The van der Waals surface area contributed by atoms with Gasteiger partial charge in [-0.2, -0.15) is 0 Å². The summed E-state index contributed by atoms with van der Waals surface area (Å²) >= 11 is 10.0. The molecule has 3 rings (SSSR count). The van der Waals surface area contributed by atoms with Gasteiger partial charge in [-0.3, -0.25) is 14.9 Å². The van der Waals surface area contributed by atoms with E-state index in [1.165, 1.54) is 6.08 Å². The van der Waals surface area contributed by atoms with Crippen molar-refractivity contribution in [2.75, 3.05) is 11.5 Å². The zero-order valence-corrected chi connectivity index (χ0v) is 19.3. The molecule has 1 N–H and O–H groups in total. The van der Waals surface area contributed by atoms with Crippen LogP contribution < -0.4 is 15.0 Å². The Bertz CT molecular complexity index is 1090. The van der Waals surface area contributed by atoms with Gasteiger partial charge < -0.3 is 4.74 Å². The Kier molecular flexibility index (Phi) is 6.57. The summed E-state index contributed by atoms with van der Waals surface area (Å²) in [6.45, 7) is 0.0000521. The number of urea groups is 1. The Morgan fingerprint density at radius 1 is 1.07 bits per heavy atom. The van der Waals surface area contributed by atoms with Crippen LogP contribution in [-0.2, 0) is 9.59 Å². The molecule has 0 spiro atoms. The molecule has 9 heteroatoms. The molecule has 0 unspecified atom stereocenters. The number of carbonyl (C=O) groups is 3. The number of benzene rings is 2. The number of nitrogens with zero attached hydrogens (tertiary/aromatic N) is 1. The zero-order valence-electron chi connectivity index (χ0n) is 14.5. The van der Waals surface area contributed by atoms with Crippen molar-refractivity contribution in [3.63, 3.8) is 0 Å². The molecule has 1 heterocycles. The molecular weight excluding hydrogens is 572 g/mol. The van der Waals surface area contributed by atoms with E-state index in [1.807, 2.05) is 0 Å². The Hall–Kier alpha value is -2.41. The highest BCUT2D eigenvalue weighted by molar-refractivity contribution is 9.11. The third-order valence-electron chi connectivity index (χ3n) is 3.82. The number of amides is 4. The van der Waals surface area contributed by atoms with Crippen LogP contribution in [-0.4, -0.2) is 24.5 Å².